The summed E-state index contributed by atoms with van der Waals surface area (Å²) in [7, 11) is 1.64. The predicted molar refractivity (Wildman–Crippen MR) is 56.6 cm³/mol. The van der Waals surface area contributed by atoms with E-state index in [9.17, 15) is 0 Å². The Hall–Kier alpha value is -1.20. The maximum atomic E-state index is 8.67. The molecule has 0 saturated carbocycles. The maximum Gasteiger partial charge on any atom is 0.145 e. The molecule has 74 valence electrons. The van der Waals surface area contributed by atoms with Crippen LogP contribution in [0.25, 0.3) is 0 Å². The van der Waals surface area contributed by atoms with Crippen LogP contribution in [0.3, 0.4) is 0 Å². The number of nitriles is 1. The summed E-state index contributed by atoms with van der Waals surface area (Å²) in [6.07, 6.45) is 0.867. The van der Waals surface area contributed by atoms with Crippen molar-refractivity contribution in [3.63, 3.8) is 0 Å². The van der Waals surface area contributed by atoms with Gasteiger partial charge in [0.05, 0.1) is 13.2 Å². The summed E-state index contributed by atoms with van der Waals surface area (Å²) >= 11 is 5.81. The van der Waals surface area contributed by atoms with Crippen molar-refractivity contribution in [2.75, 3.05) is 7.11 Å². The summed E-state index contributed by atoms with van der Waals surface area (Å²) in [6, 6.07) is 7.58. The molecule has 1 unspecified atom stereocenters. The van der Waals surface area contributed by atoms with Crippen molar-refractivity contribution in [1.82, 2.24) is 0 Å². The number of hydrogen-bond donors (Lipinski definition) is 0. The van der Waals surface area contributed by atoms with Crippen LogP contribution < -0.4 is 4.74 Å². The molecular formula is C11H12ClNO. The molecule has 0 N–H and O–H groups in total. The lowest BCUT2D eigenvalue weighted by Gasteiger charge is -2.09. The van der Waals surface area contributed by atoms with Gasteiger partial charge >= 0.3 is 0 Å². The highest BCUT2D eigenvalue weighted by atomic mass is 35.5. The van der Waals surface area contributed by atoms with Gasteiger partial charge in [-0.1, -0.05) is 13.0 Å². The van der Waals surface area contributed by atoms with Crippen LogP contribution >= 0.6 is 11.6 Å². The average Bonchev–Trinajstić information content (AvgIpc) is 2.26. The van der Waals surface area contributed by atoms with Crippen LogP contribution in [0.5, 0.6) is 5.75 Å². The van der Waals surface area contributed by atoms with Gasteiger partial charge in [0.25, 0.3) is 0 Å². The number of rotatable bonds is 3. The lowest BCUT2D eigenvalue weighted by atomic mass is 10.1. The van der Waals surface area contributed by atoms with Gasteiger partial charge in [0, 0.05) is 0 Å². The summed E-state index contributed by atoms with van der Waals surface area (Å²) < 4.78 is 5.18. The third kappa shape index (κ3) is 2.18. The van der Waals surface area contributed by atoms with Gasteiger partial charge in [-0.25, -0.2) is 0 Å². The second kappa shape index (κ2) is 4.88. The van der Waals surface area contributed by atoms with Gasteiger partial charge in [0.15, 0.2) is 0 Å². The number of methoxy groups -OCH3 is 1. The predicted octanol–water partition coefficient (Wildman–Crippen LogP) is 3.06. The van der Waals surface area contributed by atoms with Crippen LogP contribution in [-0.2, 0) is 6.42 Å². The van der Waals surface area contributed by atoms with Crippen molar-refractivity contribution in [3.05, 3.63) is 29.3 Å². The molecule has 1 aromatic rings. The molecule has 2 nitrogen and oxygen atoms in total. The number of halogens is 1. The maximum absolute atomic E-state index is 8.67. The largest absolute Gasteiger partial charge is 0.496 e. The molecule has 0 aromatic heterocycles. The van der Waals surface area contributed by atoms with Crippen LogP contribution in [-0.4, -0.2) is 7.11 Å². The molecule has 1 aromatic carbocycles. The highest BCUT2D eigenvalue weighted by molar-refractivity contribution is 6.22. The van der Waals surface area contributed by atoms with Gasteiger partial charge in [-0.15, -0.1) is 11.6 Å². The Bertz CT molecular complexity index is 357. The molecule has 0 aliphatic heterocycles. The molecule has 0 saturated heterocycles. The van der Waals surface area contributed by atoms with Gasteiger partial charge in [-0.3, -0.25) is 0 Å². The smallest absolute Gasteiger partial charge is 0.145 e. The number of nitrogens with zero attached hydrogens (tertiary/aromatic N) is 1. The van der Waals surface area contributed by atoms with Crippen LogP contribution in [0, 0.1) is 11.3 Å². The minimum absolute atomic E-state index is 0.578. The van der Waals surface area contributed by atoms with Gasteiger partial charge in [0.1, 0.15) is 11.1 Å². The van der Waals surface area contributed by atoms with Gasteiger partial charge in [-0.2, -0.15) is 5.26 Å². The first-order chi connectivity index (χ1) is 6.72. The average molecular weight is 210 g/mol. The second-order valence-electron chi connectivity index (χ2n) is 2.92. The van der Waals surface area contributed by atoms with Crippen LogP contribution in [0.2, 0.25) is 0 Å². The van der Waals surface area contributed by atoms with E-state index in [0.717, 1.165) is 23.3 Å². The lowest BCUT2D eigenvalue weighted by Crippen LogP contribution is -1.94. The molecule has 14 heavy (non-hydrogen) atoms. The zero-order valence-electron chi connectivity index (χ0n) is 8.25. The van der Waals surface area contributed by atoms with E-state index in [1.807, 2.05) is 31.2 Å². The summed E-state index contributed by atoms with van der Waals surface area (Å²) in [5.41, 5.74) is 1.90. The lowest BCUT2D eigenvalue weighted by molar-refractivity contribution is 0.410. The first-order valence-electron chi connectivity index (χ1n) is 4.43. The molecule has 3 heteroatoms. The van der Waals surface area contributed by atoms with Gasteiger partial charge in [-0.05, 0) is 29.7 Å². The monoisotopic (exact) mass is 209 g/mol. The topological polar surface area (TPSA) is 33.0 Å². The van der Waals surface area contributed by atoms with E-state index in [-0.39, 0.29) is 0 Å². The SMILES string of the molecule is CCc1cc(C(Cl)C#N)ccc1OC. The van der Waals surface area contributed by atoms with Crippen molar-refractivity contribution < 1.29 is 4.74 Å². The van der Waals surface area contributed by atoms with E-state index in [0.29, 0.717) is 0 Å². The normalized spacial score (nSPS) is 11.9. The fourth-order valence-corrected chi connectivity index (χ4v) is 1.44. The molecule has 0 heterocycles. The second-order valence-corrected chi connectivity index (χ2v) is 3.35. The molecule has 0 fully saturated rings. The Morgan fingerprint density at radius 1 is 1.57 bits per heavy atom. The van der Waals surface area contributed by atoms with Gasteiger partial charge in [0.2, 0.25) is 0 Å². The third-order valence-electron chi connectivity index (χ3n) is 2.09. The molecule has 0 radical (unpaired) electrons. The van der Waals surface area contributed by atoms with E-state index >= 15 is 0 Å². The van der Waals surface area contributed by atoms with Crippen molar-refractivity contribution in [2.24, 2.45) is 0 Å². The molecule has 0 aliphatic carbocycles. The molecule has 0 spiro atoms. The minimum Gasteiger partial charge on any atom is -0.496 e. The summed E-state index contributed by atoms with van der Waals surface area (Å²) in [4.78, 5) is 0. The van der Waals surface area contributed by atoms with Gasteiger partial charge < -0.3 is 4.74 Å². The fourth-order valence-electron chi connectivity index (χ4n) is 1.31. The Labute approximate surface area is 89.1 Å². The number of alkyl halides is 1. The van der Waals surface area contributed by atoms with Crippen molar-refractivity contribution >= 4 is 11.6 Å². The minimum atomic E-state index is -0.578. The van der Waals surface area contributed by atoms with Crippen molar-refractivity contribution in [2.45, 2.75) is 18.7 Å². The Balaban J connectivity index is 3.08. The highest BCUT2D eigenvalue weighted by Crippen LogP contribution is 2.26. The number of aryl methyl sites for hydroxylation is 1. The number of benzene rings is 1. The van der Waals surface area contributed by atoms with Crippen molar-refractivity contribution in [3.8, 4) is 11.8 Å². The van der Waals surface area contributed by atoms with E-state index < -0.39 is 5.38 Å². The zero-order chi connectivity index (χ0) is 10.6. The van der Waals surface area contributed by atoms with Crippen LogP contribution in [0.15, 0.2) is 18.2 Å². The van der Waals surface area contributed by atoms with E-state index in [2.05, 4.69) is 0 Å². The molecule has 0 bridgehead atoms. The van der Waals surface area contributed by atoms with Crippen LogP contribution in [0.1, 0.15) is 23.4 Å². The quantitative estimate of drug-likeness (QED) is 0.717. The summed E-state index contributed by atoms with van der Waals surface area (Å²) in [6.45, 7) is 2.04. The third-order valence-corrected chi connectivity index (χ3v) is 2.44. The highest BCUT2D eigenvalue weighted by Gasteiger charge is 2.09. The molecule has 1 rings (SSSR count). The zero-order valence-corrected chi connectivity index (χ0v) is 9.01. The van der Waals surface area contributed by atoms with Crippen molar-refractivity contribution in [1.29, 1.82) is 5.26 Å². The van der Waals surface area contributed by atoms with E-state index in [1.54, 1.807) is 7.11 Å². The Morgan fingerprint density at radius 3 is 2.79 bits per heavy atom. The first kappa shape index (κ1) is 10.9. The molecular weight excluding hydrogens is 198 g/mol. The molecule has 0 amide bonds. The number of hydrogen-bond acceptors (Lipinski definition) is 2. The Morgan fingerprint density at radius 2 is 2.29 bits per heavy atom. The molecule has 1 atom stereocenters. The van der Waals surface area contributed by atoms with E-state index in [1.165, 1.54) is 0 Å². The summed E-state index contributed by atoms with van der Waals surface area (Å²) in [5.74, 6) is 0.845. The first-order valence-corrected chi connectivity index (χ1v) is 4.87. The molecule has 0 aliphatic rings. The standard InChI is InChI=1S/C11H12ClNO/c1-3-8-6-9(10(12)7-13)4-5-11(8)14-2/h4-6,10H,3H2,1-2H3. The fraction of sp³-hybridized carbons (Fsp3) is 0.364. The number of ether oxygens (including phenoxy) is 1. The van der Waals surface area contributed by atoms with E-state index in [4.69, 9.17) is 21.6 Å². The Kier molecular flexibility index (Phi) is 3.79. The van der Waals surface area contributed by atoms with Crippen LogP contribution in [0.4, 0.5) is 0 Å². The summed E-state index contributed by atoms with van der Waals surface area (Å²) in [5, 5.41) is 8.09.